The average molecular weight is 574 g/mol. The van der Waals surface area contributed by atoms with E-state index in [4.69, 9.17) is 24.5 Å². The second kappa shape index (κ2) is 15.0. The number of rotatable bonds is 4. The minimum absolute atomic E-state index is 0.176. The minimum Gasteiger partial charge on any atom is -0.475 e. The molecule has 2 aliphatic heterocycles. The number of nitrogens with zero attached hydrogens (tertiary/aromatic N) is 3. The fraction of sp³-hybridized carbons (Fsp3) is 0.625. The van der Waals surface area contributed by atoms with Gasteiger partial charge in [0.15, 0.2) is 0 Å². The maximum absolute atomic E-state index is 12.0. The zero-order chi connectivity index (χ0) is 30.0. The van der Waals surface area contributed by atoms with Crippen LogP contribution in [0.4, 0.5) is 26.3 Å². The van der Waals surface area contributed by atoms with Gasteiger partial charge in [-0.15, -0.1) is 0 Å². The van der Waals surface area contributed by atoms with Crippen LogP contribution in [0.5, 0.6) is 0 Å². The lowest BCUT2D eigenvalue weighted by atomic mass is 9.93. The molecule has 0 aliphatic carbocycles. The Kier molecular flexibility index (Phi) is 13.1. The highest BCUT2D eigenvalue weighted by atomic mass is 19.4. The molecule has 2 N–H and O–H groups in total. The van der Waals surface area contributed by atoms with Gasteiger partial charge in [-0.2, -0.15) is 26.3 Å². The zero-order valence-corrected chi connectivity index (χ0v) is 21.8. The van der Waals surface area contributed by atoms with Gasteiger partial charge in [0.05, 0.1) is 19.3 Å². The monoisotopic (exact) mass is 573 g/mol. The van der Waals surface area contributed by atoms with E-state index < -0.39 is 24.3 Å². The summed E-state index contributed by atoms with van der Waals surface area (Å²) in [6.07, 6.45) is -8.73. The molecule has 0 radical (unpaired) electrons. The number of hydrogen-bond acceptors (Lipinski definition) is 6. The van der Waals surface area contributed by atoms with Crippen LogP contribution in [-0.2, 0) is 25.7 Å². The SMILES string of the molecule is Cc1ccc(CN2CC[C@@H]3CN(CC(=O)N(C)C)CCO[C@@H]3C2)cc1.O=C(O)C(F)(F)F.O=C(O)C(F)(F)F. The molecule has 222 valence electrons. The van der Waals surface area contributed by atoms with Gasteiger partial charge in [0.25, 0.3) is 0 Å². The van der Waals surface area contributed by atoms with Crippen molar-refractivity contribution in [1.82, 2.24) is 14.7 Å². The van der Waals surface area contributed by atoms with Crippen molar-refractivity contribution in [2.24, 2.45) is 5.92 Å². The Morgan fingerprint density at radius 3 is 1.90 bits per heavy atom. The van der Waals surface area contributed by atoms with Crippen LogP contribution in [0.2, 0.25) is 0 Å². The molecular weight excluding hydrogens is 540 g/mol. The molecule has 3 rings (SSSR count). The topological polar surface area (TPSA) is 111 Å². The summed E-state index contributed by atoms with van der Waals surface area (Å²) in [5, 5.41) is 14.2. The van der Waals surface area contributed by atoms with E-state index in [-0.39, 0.29) is 5.91 Å². The van der Waals surface area contributed by atoms with Gasteiger partial charge in [0, 0.05) is 46.2 Å². The largest absolute Gasteiger partial charge is 0.490 e. The number of aryl methyl sites for hydroxylation is 1. The summed E-state index contributed by atoms with van der Waals surface area (Å²) in [7, 11) is 3.64. The number of amides is 1. The summed E-state index contributed by atoms with van der Waals surface area (Å²) in [4.78, 5) is 36.2. The summed E-state index contributed by atoms with van der Waals surface area (Å²) in [6, 6.07) is 8.82. The van der Waals surface area contributed by atoms with E-state index in [2.05, 4.69) is 41.0 Å². The van der Waals surface area contributed by atoms with Gasteiger partial charge in [-0.05, 0) is 25.5 Å². The number of carbonyl (C=O) groups is 3. The summed E-state index contributed by atoms with van der Waals surface area (Å²) in [5.41, 5.74) is 2.68. The van der Waals surface area contributed by atoms with E-state index in [0.717, 1.165) is 45.8 Å². The molecule has 0 aromatic heterocycles. The van der Waals surface area contributed by atoms with Crippen LogP contribution in [-0.4, -0.2) is 115 Å². The molecule has 0 saturated carbocycles. The van der Waals surface area contributed by atoms with Gasteiger partial charge in [0.2, 0.25) is 5.91 Å². The number of fused-ring (bicyclic) bond motifs is 1. The second-order valence-corrected chi connectivity index (χ2v) is 9.31. The molecule has 15 heteroatoms. The number of carboxylic acid groups (broad SMARTS) is 2. The first-order valence-corrected chi connectivity index (χ1v) is 11.8. The first-order chi connectivity index (χ1) is 17.9. The molecule has 0 spiro atoms. The Hall–Kier alpha value is -2.91. The number of halogens is 6. The molecule has 1 aromatic carbocycles. The maximum Gasteiger partial charge on any atom is 0.490 e. The number of alkyl halides is 6. The van der Waals surface area contributed by atoms with Crippen LogP contribution in [0.1, 0.15) is 17.5 Å². The standard InChI is InChI=1S/C20H31N3O2.2C2HF3O2/c1-16-4-6-17(7-5-16)12-22-9-8-18-13-23(15-20(24)21(2)3)10-11-25-19(18)14-22;2*3-2(4,5)1(6)7/h4-7,18-19H,8-15H2,1-3H3;2*(H,6,7)/t18-,19-;;/m1../s1. The van der Waals surface area contributed by atoms with Crippen molar-refractivity contribution in [2.45, 2.75) is 38.3 Å². The van der Waals surface area contributed by atoms with E-state index in [9.17, 15) is 31.1 Å². The van der Waals surface area contributed by atoms with Crippen LogP contribution in [0.25, 0.3) is 0 Å². The molecule has 9 nitrogen and oxygen atoms in total. The smallest absolute Gasteiger partial charge is 0.475 e. The maximum atomic E-state index is 12.0. The first-order valence-electron chi connectivity index (χ1n) is 11.8. The van der Waals surface area contributed by atoms with Gasteiger partial charge in [-0.1, -0.05) is 29.8 Å². The molecule has 0 bridgehead atoms. The predicted octanol–water partition coefficient (Wildman–Crippen LogP) is 2.87. The Morgan fingerprint density at radius 2 is 1.44 bits per heavy atom. The van der Waals surface area contributed by atoms with Crippen molar-refractivity contribution in [1.29, 1.82) is 0 Å². The van der Waals surface area contributed by atoms with E-state index >= 15 is 0 Å². The molecular formula is C24H33F6N3O6. The van der Waals surface area contributed by atoms with Crippen molar-refractivity contribution < 1.29 is 55.7 Å². The highest BCUT2D eigenvalue weighted by molar-refractivity contribution is 5.77. The predicted molar refractivity (Wildman–Crippen MR) is 127 cm³/mol. The van der Waals surface area contributed by atoms with Crippen molar-refractivity contribution >= 4 is 17.8 Å². The van der Waals surface area contributed by atoms with Crippen LogP contribution in [0.15, 0.2) is 24.3 Å². The fourth-order valence-corrected chi connectivity index (χ4v) is 3.75. The van der Waals surface area contributed by atoms with Crippen molar-refractivity contribution in [2.75, 3.05) is 53.4 Å². The number of carboxylic acids is 2. The molecule has 2 fully saturated rings. The number of likely N-dealkylation sites (N-methyl/N-ethyl adjacent to an activating group) is 1. The first kappa shape index (κ1) is 34.1. The van der Waals surface area contributed by atoms with Gasteiger partial charge in [-0.3, -0.25) is 14.6 Å². The lowest BCUT2D eigenvalue weighted by Crippen LogP contribution is -2.47. The number of benzene rings is 1. The summed E-state index contributed by atoms with van der Waals surface area (Å²) in [6.45, 7) is 8.28. The second-order valence-electron chi connectivity index (χ2n) is 9.31. The zero-order valence-electron chi connectivity index (χ0n) is 21.8. The number of ether oxygens (including phenoxy) is 1. The Morgan fingerprint density at radius 1 is 0.923 bits per heavy atom. The van der Waals surface area contributed by atoms with Crippen LogP contribution in [0, 0.1) is 12.8 Å². The molecule has 2 aliphatic rings. The Labute approximate surface area is 221 Å². The quantitative estimate of drug-likeness (QED) is 0.530. The Balaban J connectivity index is 0.000000449. The number of likely N-dealkylation sites (tertiary alicyclic amines) is 1. The molecule has 2 heterocycles. The average Bonchev–Trinajstić information content (AvgIpc) is 3.01. The van der Waals surface area contributed by atoms with Crippen molar-refractivity contribution in [3.05, 3.63) is 35.4 Å². The number of carbonyl (C=O) groups excluding carboxylic acids is 1. The molecule has 2 atom stereocenters. The van der Waals surface area contributed by atoms with Gasteiger partial charge >= 0.3 is 24.3 Å². The Bertz CT molecular complexity index is 916. The summed E-state index contributed by atoms with van der Waals surface area (Å²) >= 11 is 0. The van der Waals surface area contributed by atoms with E-state index in [1.165, 1.54) is 11.1 Å². The summed E-state index contributed by atoms with van der Waals surface area (Å²) in [5.74, 6) is -4.80. The number of piperidine rings is 1. The number of aliphatic carboxylic acids is 2. The van der Waals surface area contributed by atoms with Gasteiger partial charge in [-0.25, -0.2) is 9.59 Å². The fourth-order valence-electron chi connectivity index (χ4n) is 3.75. The van der Waals surface area contributed by atoms with Crippen molar-refractivity contribution in [3.8, 4) is 0 Å². The molecule has 1 aromatic rings. The number of hydrogen-bond donors (Lipinski definition) is 2. The van der Waals surface area contributed by atoms with E-state index in [0.29, 0.717) is 18.6 Å². The summed E-state index contributed by atoms with van der Waals surface area (Å²) < 4.78 is 69.6. The normalized spacial score (nSPS) is 20.2. The van der Waals surface area contributed by atoms with Crippen LogP contribution >= 0.6 is 0 Å². The van der Waals surface area contributed by atoms with Gasteiger partial charge < -0.3 is 19.8 Å². The van der Waals surface area contributed by atoms with Gasteiger partial charge in [0.1, 0.15) is 0 Å². The molecule has 0 unspecified atom stereocenters. The highest BCUT2D eigenvalue weighted by Gasteiger charge is 2.39. The third-order valence-electron chi connectivity index (χ3n) is 5.88. The third kappa shape index (κ3) is 13.1. The third-order valence-corrected chi connectivity index (χ3v) is 5.88. The lowest BCUT2D eigenvalue weighted by molar-refractivity contribution is -0.193. The van der Waals surface area contributed by atoms with Crippen LogP contribution < -0.4 is 0 Å². The lowest BCUT2D eigenvalue weighted by Gasteiger charge is -2.38. The van der Waals surface area contributed by atoms with Crippen molar-refractivity contribution in [3.63, 3.8) is 0 Å². The highest BCUT2D eigenvalue weighted by Crippen LogP contribution is 2.25. The molecule has 1 amide bonds. The molecule has 39 heavy (non-hydrogen) atoms. The minimum atomic E-state index is -5.08. The molecule has 2 saturated heterocycles. The van der Waals surface area contributed by atoms with Crippen LogP contribution in [0.3, 0.4) is 0 Å². The van der Waals surface area contributed by atoms with E-state index in [1.54, 1.807) is 4.90 Å². The van der Waals surface area contributed by atoms with E-state index in [1.807, 2.05) is 14.1 Å².